The summed E-state index contributed by atoms with van der Waals surface area (Å²) in [5, 5.41) is 0. The van der Waals surface area contributed by atoms with E-state index in [-0.39, 0.29) is 0 Å². The molecule has 2 aliphatic carbocycles. The van der Waals surface area contributed by atoms with E-state index in [1.807, 2.05) is 4.90 Å². The molecule has 2 rings (SSSR count). The van der Waals surface area contributed by atoms with Gasteiger partial charge in [0.05, 0.1) is 12.6 Å². The number of rotatable bonds is 6. The molecule has 1 unspecified atom stereocenters. The quantitative estimate of drug-likeness (QED) is 0.727. The first-order valence-corrected chi connectivity index (χ1v) is 8.93. The molecule has 2 heteroatoms. The van der Waals surface area contributed by atoms with Crippen LogP contribution in [0, 0.1) is 0 Å². The van der Waals surface area contributed by atoms with Gasteiger partial charge in [0.1, 0.15) is 6.67 Å². The first-order valence-electron chi connectivity index (χ1n) is 8.93. The van der Waals surface area contributed by atoms with E-state index in [0.29, 0.717) is 0 Å². The van der Waals surface area contributed by atoms with Crippen molar-refractivity contribution in [2.45, 2.75) is 90.1 Å². The predicted octanol–water partition coefficient (Wildman–Crippen LogP) is 2.84. The van der Waals surface area contributed by atoms with E-state index < -0.39 is 0 Å². The summed E-state index contributed by atoms with van der Waals surface area (Å²) in [6.45, 7) is 8.62. The SMILES string of the molecule is CCN(C[NH+](CC)C1CCCCC1)C1CCCCC1. The van der Waals surface area contributed by atoms with Gasteiger partial charge in [0.15, 0.2) is 0 Å². The molecule has 0 saturated heterocycles. The lowest BCUT2D eigenvalue weighted by atomic mass is 9.93. The highest BCUT2D eigenvalue weighted by atomic mass is 15.3. The molecule has 112 valence electrons. The van der Waals surface area contributed by atoms with Crippen LogP contribution in [0.1, 0.15) is 78.1 Å². The van der Waals surface area contributed by atoms with Crippen LogP contribution < -0.4 is 4.90 Å². The van der Waals surface area contributed by atoms with Crippen molar-refractivity contribution in [3.05, 3.63) is 0 Å². The van der Waals surface area contributed by atoms with Gasteiger partial charge >= 0.3 is 0 Å². The van der Waals surface area contributed by atoms with Gasteiger partial charge in [0, 0.05) is 12.6 Å². The second kappa shape index (κ2) is 8.26. The summed E-state index contributed by atoms with van der Waals surface area (Å²) >= 11 is 0. The fraction of sp³-hybridized carbons (Fsp3) is 1.00. The Hall–Kier alpha value is -0.0800. The van der Waals surface area contributed by atoms with Crippen molar-refractivity contribution in [3.63, 3.8) is 0 Å². The van der Waals surface area contributed by atoms with Crippen LogP contribution in [0.2, 0.25) is 0 Å². The van der Waals surface area contributed by atoms with Crippen LogP contribution >= 0.6 is 0 Å². The second-order valence-corrected chi connectivity index (χ2v) is 6.70. The Labute approximate surface area is 120 Å². The molecular formula is C17H35N2+. The first kappa shape index (κ1) is 15.3. The number of quaternary nitrogens is 1. The zero-order valence-electron chi connectivity index (χ0n) is 13.3. The van der Waals surface area contributed by atoms with Crippen molar-refractivity contribution < 1.29 is 4.90 Å². The van der Waals surface area contributed by atoms with E-state index in [4.69, 9.17) is 0 Å². The lowest BCUT2D eigenvalue weighted by Crippen LogP contribution is -3.17. The van der Waals surface area contributed by atoms with Crippen molar-refractivity contribution in [3.8, 4) is 0 Å². The minimum Gasteiger partial charge on any atom is -0.320 e. The Bertz CT molecular complexity index is 205. The normalized spacial score (nSPS) is 24.8. The highest BCUT2D eigenvalue weighted by Gasteiger charge is 2.28. The summed E-state index contributed by atoms with van der Waals surface area (Å²) in [6, 6.07) is 1.85. The lowest BCUT2D eigenvalue weighted by molar-refractivity contribution is -0.935. The van der Waals surface area contributed by atoms with E-state index >= 15 is 0 Å². The molecule has 1 N–H and O–H groups in total. The molecule has 19 heavy (non-hydrogen) atoms. The van der Waals surface area contributed by atoms with E-state index in [0.717, 1.165) is 12.1 Å². The highest BCUT2D eigenvalue weighted by Crippen LogP contribution is 2.22. The molecule has 0 amide bonds. The fourth-order valence-corrected chi connectivity index (χ4v) is 4.25. The van der Waals surface area contributed by atoms with Crippen LogP contribution in [0.4, 0.5) is 0 Å². The van der Waals surface area contributed by atoms with E-state index in [9.17, 15) is 0 Å². The van der Waals surface area contributed by atoms with Gasteiger partial charge in [-0.1, -0.05) is 32.6 Å². The standard InChI is InChI=1S/C17H34N2/c1-3-18(16-11-7-5-8-12-16)15-19(4-2)17-13-9-6-10-14-17/h16-17H,3-15H2,1-2H3/p+1. The van der Waals surface area contributed by atoms with Gasteiger partial charge in [-0.25, -0.2) is 0 Å². The van der Waals surface area contributed by atoms with Crippen molar-refractivity contribution in [1.29, 1.82) is 0 Å². The molecular weight excluding hydrogens is 232 g/mol. The summed E-state index contributed by atoms with van der Waals surface area (Å²) in [5.41, 5.74) is 0. The monoisotopic (exact) mass is 267 g/mol. The predicted molar refractivity (Wildman–Crippen MR) is 82.5 cm³/mol. The van der Waals surface area contributed by atoms with Gasteiger partial charge < -0.3 is 4.90 Å². The van der Waals surface area contributed by atoms with Crippen LogP contribution in [-0.2, 0) is 0 Å². The van der Waals surface area contributed by atoms with Crippen molar-refractivity contribution in [2.24, 2.45) is 0 Å². The molecule has 2 saturated carbocycles. The smallest absolute Gasteiger partial charge is 0.133 e. The Morgan fingerprint density at radius 2 is 1.42 bits per heavy atom. The maximum atomic E-state index is 2.80. The number of nitrogens with one attached hydrogen (secondary N) is 1. The van der Waals surface area contributed by atoms with Gasteiger partial charge in [0.25, 0.3) is 0 Å². The third kappa shape index (κ3) is 4.46. The molecule has 1 atom stereocenters. The zero-order chi connectivity index (χ0) is 13.5. The zero-order valence-corrected chi connectivity index (χ0v) is 13.3. The van der Waals surface area contributed by atoms with Crippen LogP contribution in [0.5, 0.6) is 0 Å². The second-order valence-electron chi connectivity index (χ2n) is 6.70. The summed E-state index contributed by atoms with van der Waals surface area (Å²) in [4.78, 5) is 4.67. The molecule has 0 radical (unpaired) electrons. The van der Waals surface area contributed by atoms with E-state index in [1.165, 1.54) is 84.0 Å². The molecule has 2 nitrogen and oxygen atoms in total. The topological polar surface area (TPSA) is 7.68 Å². The number of hydrogen-bond donors (Lipinski definition) is 1. The Balaban J connectivity index is 1.86. The molecule has 2 aliphatic rings. The van der Waals surface area contributed by atoms with Gasteiger partial charge in [-0.05, 0) is 45.4 Å². The maximum absolute atomic E-state index is 2.80. The van der Waals surface area contributed by atoms with Crippen LogP contribution in [0.25, 0.3) is 0 Å². The molecule has 0 aromatic heterocycles. The van der Waals surface area contributed by atoms with Gasteiger partial charge in [-0.3, -0.25) is 4.90 Å². The molecule has 0 spiro atoms. The summed E-state index contributed by atoms with van der Waals surface area (Å²) in [5.74, 6) is 0. The molecule has 0 aromatic rings. The van der Waals surface area contributed by atoms with Crippen molar-refractivity contribution in [1.82, 2.24) is 4.90 Å². The Morgan fingerprint density at radius 3 is 1.95 bits per heavy atom. The Morgan fingerprint density at radius 1 is 0.842 bits per heavy atom. The van der Waals surface area contributed by atoms with E-state index in [2.05, 4.69) is 18.7 Å². The highest BCUT2D eigenvalue weighted by molar-refractivity contribution is 4.73. The van der Waals surface area contributed by atoms with Crippen LogP contribution in [-0.4, -0.2) is 36.7 Å². The molecule has 0 aromatic carbocycles. The van der Waals surface area contributed by atoms with Crippen molar-refractivity contribution >= 4 is 0 Å². The average molecular weight is 267 g/mol. The number of nitrogens with zero attached hydrogens (tertiary/aromatic N) is 1. The summed E-state index contributed by atoms with van der Waals surface area (Å²) in [6.07, 6.45) is 14.7. The van der Waals surface area contributed by atoms with Crippen molar-refractivity contribution in [2.75, 3.05) is 19.8 Å². The summed E-state index contributed by atoms with van der Waals surface area (Å²) in [7, 11) is 0. The summed E-state index contributed by atoms with van der Waals surface area (Å²) < 4.78 is 0. The largest absolute Gasteiger partial charge is 0.320 e. The van der Waals surface area contributed by atoms with Gasteiger partial charge in [0.2, 0.25) is 0 Å². The van der Waals surface area contributed by atoms with Crippen LogP contribution in [0.3, 0.4) is 0 Å². The third-order valence-corrected chi connectivity index (χ3v) is 5.54. The minimum absolute atomic E-state index is 0.892. The molecule has 2 fully saturated rings. The minimum atomic E-state index is 0.892. The number of hydrogen-bond acceptors (Lipinski definition) is 1. The average Bonchev–Trinajstić information content (AvgIpc) is 2.50. The van der Waals surface area contributed by atoms with Gasteiger partial charge in [-0.2, -0.15) is 0 Å². The van der Waals surface area contributed by atoms with Crippen LogP contribution in [0.15, 0.2) is 0 Å². The third-order valence-electron chi connectivity index (χ3n) is 5.54. The first-order chi connectivity index (χ1) is 9.35. The Kier molecular flexibility index (Phi) is 6.66. The fourth-order valence-electron chi connectivity index (χ4n) is 4.25. The van der Waals surface area contributed by atoms with E-state index in [1.54, 1.807) is 0 Å². The van der Waals surface area contributed by atoms with Gasteiger partial charge in [-0.15, -0.1) is 0 Å². The molecule has 0 heterocycles. The molecule has 0 bridgehead atoms. The lowest BCUT2D eigenvalue weighted by Gasteiger charge is -2.38. The maximum Gasteiger partial charge on any atom is 0.133 e. The molecule has 0 aliphatic heterocycles.